The first-order chi connectivity index (χ1) is 9.72. The number of rotatable bonds is 2. The number of aryl methyl sites for hydroxylation is 1. The summed E-state index contributed by atoms with van der Waals surface area (Å²) in [7, 11) is 0. The van der Waals surface area contributed by atoms with E-state index in [1.165, 1.54) is 74.8 Å². The molecule has 0 bridgehead atoms. The molecule has 2 fully saturated rings. The van der Waals surface area contributed by atoms with E-state index in [9.17, 15) is 0 Å². The molecule has 1 aromatic carbocycles. The van der Waals surface area contributed by atoms with Gasteiger partial charge in [-0.2, -0.15) is 0 Å². The van der Waals surface area contributed by atoms with Crippen molar-refractivity contribution >= 4 is 5.69 Å². The minimum absolute atomic E-state index is 0.643. The van der Waals surface area contributed by atoms with E-state index in [0.29, 0.717) is 12.0 Å². The molecule has 20 heavy (non-hydrogen) atoms. The molecule has 2 nitrogen and oxygen atoms in total. The van der Waals surface area contributed by atoms with E-state index < -0.39 is 0 Å². The Morgan fingerprint density at radius 1 is 1.05 bits per heavy atom. The maximum absolute atomic E-state index is 5.73. The number of hydrogen-bond acceptors (Lipinski definition) is 2. The normalized spacial score (nSPS) is 22.2. The molecule has 1 aliphatic carbocycles. The molecule has 1 spiro atoms. The van der Waals surface area contributed by atoms with E-state index in [0.717, 1.165) is 0 Å². The Bertz CT molecular complexity index is 450. The van der Waals surface area contributed by atoms with Gasteiger partial charge >= 0.3 is 0 Å². The van der Waals surface area contributed by atoms with Gasteiger partial charge in [0.05, 0.1) is 0 Å². The molecule has 0 aromatic heterocycles. The Labute approximate surface area is 123 Å². The van der Waals surface area contributed by atoms with E-state index in [4.69, 9.17) is 5.73 Å². The van der Waals surface area contributed by atoms with Crippen molar-refractivity contribution in [2.75, 3.05) is 18.0 Å². The summed E-state index contributed by atoms with van der Waals surface area (Å²) in [6, 6.07) is 6.71. The van der Waals surface area contributed by atoms with Crippen LogP contribution in [-0.4, -0.2) is 13.1 Å². The Morgan fingerprint density at radius 3 is 2.35 bits per heavy atom. The van der Waals surface area contributed by atoms with Crippen molar-refractivity contribution in [2.45, 2.75) is 58.4 Å². The van der Waals surface area contributed by atoms with Crippen LogP contribution in [-0.2, 0) is 6.54 Å². The standard InChI is InChI=1S/C18H28N2/c1-15-13-16(14-19)5-6-17(15)20-11-9-18(10-12-20)7-3-2-4-8-18/h5-6,13H,2-4,7-12,14,19H2,1H3. The van der Waals surface area contributed by atoms with Gasteiger partial charge in [-0.3, -0.25) is 0 Å². The minimum atomic E-state index is 0.643. The zero-order valence-corrected chi connectivity index (χ0v) is 12.8. The molecule has 2 heteroatoms. The molecule has 3 rings (SSSR count). The molecular weight excluding hydrogens is 244 g/mol. The van der Waals surface area contributed by atoms with Crippen molar-refractivity contribution in [1.82, 2.24) is 0 Å². The second-order valence-electron chi connectivity index (χ2n) is 6.87. The average molecular weight is 272 g/mol. The molecule has 1 heterocycles. The summed E-state index contributed by atoms with van der Waals surface area (Å²) in [4.78, 5) is 2.59. The van der Waals surface area contributed by atoms with Crippen molar-refractivity contribution in [2.24, 2.45) is 11.1 Å². The van der Waals surface area contributed by atoms with Crippen LogP contribution in [0.25, 0.3) is 0 Å². The largest absolute Gasteiger partial charge is 0.371 e. The predicted octanol–water partition coefficient (Wildman–Crippen LogP) is 4.00. The van der Waals surface area contributed by atoms with Crippen LogP contribution in [0.2, 0.25) is 0 Å². The first-order valence-electron chi connectivity index (χ1n) is 8.27. The molecule has 2 aliphatic rings. The van der Waals surface area contributed by atoms with Crippen molar-refractivity contribution in [3.8, 4) is 0 Å². The van der Waals surface area contributed by atoms with Crippen LogP contribution in [0, 0.1) is 12.3 Å². The van der Waals surface area contributed by atoms with Crippen molar-refractivity contribution in [3.63, 3.8) is 0 Å². The maximum Gasteiger partial charge on any atom is 0.0396 e. The minimum Gasteiger partial charge on any atom is -0.371 e. The van der Waals surface area contributed by atoms with Gasteiger partial charge in [0.1, 0.15) is 0 Å². The highest BCUT2D eigenvalue weighted by atomic mass is 15.1. The van der Waals surface area contributed by atoms with Crippen molar-refractivity contribution in [1.29, 1.82) is 0 Å². The third-order valence-electron chi connectivity index (χ3n) is 5.58. The first kappa shape index (κ1) is 13.9. The SMILES string of the molecule is Cc1cc(CN)ccc1N1CCC2(CCCCC2)CC1. The van der Waals surface area contributed by atoms with Crippen LogP contribution in [0.1, 0.15) is 56.1 Å². The Hall–Kier alpha value is -1.02. The Morgan fingerprint density at radius 2 is 1.75 bits per heavy atom. The topological polar surface area (TPSA) is 29.3 Å². The van der Waals surface area contributed by atoms with Crippen LogP contribution in [0.5, 0.6) is 0 Å². The second-order valence-corrected chi connectivity index (χ2v) is 6.87. The van der Waals surface area contributed by atoms with Crippen LogP contribution < -0.4 is 10.6 Å². The number of nitrogens with two attached hydrogens (primary N) is 1. The second kappa shape index (κ2) is 5.77. The first-order valence-corrected chi connectivity index (χ1v) is 8.27. The lowest BCUT2D eigenvalue weighted by Crippen LogP contribution is -2.41. The van der Waals surface area contributed by atoms with Crippen molar-refractivity contribution in [3.05, 3.63) is 29.3 Å². The summed E-state index contributed by atoms with van der Waals surface area (Å²) in [5.74, 6) is 0. The summed E-state index contributed by atoms with van der Waals surface area (Å²) in [5, 5.41) is 0. The number of hydrogen-bond donors (Lipinski definition) is 1. The third kappa shape index (κ3) is 2.71. The zero-order chi connectivity index (χ0) is 14.0. The van der Waals surface area contributed by atoms with Crippen LogP contribution in [0.3, 0.4) is 0 Å². The molecule has 0 radical (unpaired) electrons. The molecular formula is C18H28N2. The molecule has 110 valence electrons. The zero-order valence-electron chi connectivity index (χ0n) is 12.8. The number of benzene rings is 1. The molecule has 0 atom stereocenters. The summed E-state index contributed by atoms with van der Waals surface area (Å²) in [5.41, 5.74) is 10.5. The van der Waals surface area contributed by atoms with Gasteiger partial charge < -0.3 is 10.6 Å². The fraction of sp³-hybridized carbons (Fsp3) is 0.667. The maximum atomic E-state index is 5.73. The molecule has 2 N–H and O–H groups in total. The van der Waals surface area contributed by atoms with E-state index in [-0.39, 0.29) is 0 Å². The summed E-state index contributed by atoms with van der Waals surface area (Å²) in [6.07, 6.45) is 10.1. The van der Waals surface area contributed by atoms with E-state index in [2.05, 4.69) is 30.0 Å². The summed E-state index contributed by atoms with van der Waals surface area (Å²) < 4.78 is 0. The average Bonchev–Trinajstić information content (AvgIpc) is 2.49. The van der Waals surface area contributed by atoms with E-state index in [1.54, 1.807) is 0 Å². The van der Waals surface area contributed by atoms with Gasteiger partial charge in [0.15, 0.2) is 0 Å². The van der Waals surface area contributed by atoms with Gasteiger partial charge in [-0.25, -0.2) is 0 Å². The Kier molecular flexibility index (Phi) is 4.02. The molecule has 1 aromatic rings. The van der Waals surface area contributed by atoms with E-state index in [1.807, 2.05) is 0 Å². The fourth-order valence-corrected chi connectivity index (χ4v) is 4.22. The quantitative estimate of drug-likeness (QED) is 0.881. The van der Waals surface area contributed by atoms with Crippen LogP contribution >= 0.6 is 0 Å². The van der Waals surface area contributed by atoms with Gasteiger partial charge in [0, 0.05) is 25.3 Å². The van der Waals surface area contributed by atoms with Gasteiger partial charge in [-0.05, 0) is 55.2 Å². The lowest BCUT2D eigenvalue weighted by molar-refractivity contribution is 0.144. The lowest BCUT2D eigenvalue weighted by Gasteiger charge is -2.45. The summed E-state index contributed by atoms with van der Waals surface area (Å²) >= 11 is 0. The molecule has 0 unspecified atom stereocenters. The van der Waals surface area contributed by atoms with Gasteiger partial charge in [-0.1, -0.05) is 31.4 Å². The highest BCUT2D eigenvalue weighted by Crippen LogP contribution is 2.45. The summed E-state index contributed by atoms with van der Waals surface area (Å²) in [6.45, 7) is 5.34. The van der Waals surface area contributed by atoms with Gasteiger partial charge in [-0.15, -0.1) is 0 Å². The van der Waals surface area contributed by atoms with Gasteiger partial charge in [0.2, 0.25) is 0 Å². The number of nitrogens with zero attached hydrogens (tertiary/aromatic N) is 1. The monoisotopic (exact) mass is 272 g/mol. The smallest absolute Gasteiger partial charge is 0.0396 e. The Balaban J connectivity index is 1.68. The molecule has 0 amide bonds. The number of piperidine rings is 1. The van der Waals surface area contributed by atoms with Crippen LogP contribution in [0.15, 0.2) is 18.2 Å². The van der Waals surface area contributed by atoms with E-state index >= 15 is 0 Å². The molecule has 1 aliphatic heterocycles. The highest BCUT2D eigenvalue weighted by molar-refractivity contribution is 5.54. The number of anilines is 1. The molecule has 1 saturated heterocycles. The van der Waals surface area contributed by atoms with Gasteiger partial charge in [0.25, 0.3) is 0 Å². The highest BCUT2D eigenvalue weighted by Gasteiger charge is 2.35. The van der Waals surface area contributed by atoms with Crippen molar-refractivity contribution < 1.29 is 0 Å². The lowest BCUT2D eigenvalue weighted by atomic mass is 9.68. The third-order valence-corrected chi connectivity index (χ3v) is 5.58. The fourth-order valence-electron chi connectivity index (χ4n) is 4.22. The molecule has 1 saturated carbocycles. The van der Waals surface area contributed by atoms with Crippen LogP contribution in [0.4, 0.5) is 5.69 Å². The predicted molar refractivity (Wildman–Crippen MR) is 86.0 cm³/mol.